The lowest BCUT2D eigenvalue weighted by molar-refractivity contribution is -0.132. The van der Waals surface area contributed by atoms with Gasteiger partial charge in [-0.05, 0) is 6.42 Å². The van der Waals surface area contributed by atoms with Gasteiger partial charge in [0.05, 0.1) is 7.11 Å². The summed E-state index contributed by atoms with van der Waals surface area (Å²) in [6.45, 7) is 0.659. The van der Waals surface area contributed by atoms with E-state index in [1.165, 1.54) is 18.4 Å². The fourth-order valence-corrected chi connectivity index (χ4v) is 2.60. The molecule has 1 aromatic rings. The molecule has 0 radical (unpaired) electrons. The van der Waals surface area contributed by atoms with Crippen LogP contribution in [0.1, 0.15) is 23.3 Å². The highest BCUT2D eigenvalue weighted by molar-refractivity contribution is 7.13. The minimum absolute atomic E-state index is 0.169. The second-order valence-corrected chi connectivity index (χ2v) is 5.04. The first-order valence-corrected chi connectivity index (χ1v) is 6.52. The molecule has 1 fully saturated rings. The standard InChI is InChI=1S/C11H15N3O3S/c1-14-5-7(3-4-9(14)15)12-11-13-8(6-18-11)10(16)17-2/h6-7H,3-5H2,1-2H3,(H,12,13). The van der Waals surface area contributed by atoms with E-state index in [4.69, 9.17) is 0 Å². The lowest BCUT2D eigenvalue weighted by Gasteiger charge is -2.29. The summed E-state index contributed by atoms with van der Waals surface area (Å²) in [5.74, 6) is -0.266. The van der Waals surface area contributed by atoms with Gasteiger partial charge in [0.15, 0.2) is 10.8 Å². The first-order chi connectivity index (χ1) is 8.60. The molecule has 2 rings (SSSR count). The number of methoxy groups -OCH3 is 1. The van der Waals surface area contributed by atoms with Gasteiger partial charge in [-0.3, -0.25) is 4.79 Å². The van der Waals surface area contributed by atoms with Crippen molar-refractivity contribution in [2.45, 2.75) is 18.9 Å². The van der Waals surface area contributed by atoms with Gasteiger partial charge in [-0.1, -0.05) is 0 Å². The molecule has 0 spiro atoms. The number of hydrogen-bond acceptors (Lipinski definition) is 6. The van der Waals surface area contributed by atoms with E-state index in [-0.39, 0.29) is 11.9 Å². The zero-order valence-electron chi connectivity index (χ0n) is 10.3. The molecule has 1 atom stereocenters. The summed E-state index contributed by atoms with van der Waals surface area (Å²) in [4.78, 5) is 28.5. The molecule has 0 aliphatic carbocycles. The average molecular weight is 269 g/mol. The first kappa shape index (κ1) is 12.8. The molecule has 18 heavy (non-hydrogen) atoms. The van der Waals surface area contributed by atoms with Crippen LogP contribution < -0.4 is 5.32 Å². The molecule has 1 amide bonds. The van der Waals surface area contributed by atoms with E-state index in [0.29, 0.717) is 23.8 Å². The zero-order valence-corrected chi connectivity index (χ0v) is 11.1. The van der Waals surface area contributed by atoms with Crippen molar-refractivity contribution in [3.05, 3.63) is 11.1 Å². The highest BCUT2D eigenvalue weighted by Gasteiger charge is 2.23. The number of nitrogens with zero attached hydrogens (tertiary/aromatic N) is 2. The monoisotopic (exact) mass is 269 g/mol. The molecule has 1 saturated heterocycles. The molecule has 1 aromatic heterocycles. The third-order valence-corrected chi connectivity index (χ3v) is 3.63. The second kappa shape index (κ2) is 5.34. The average Bonchev–Trinajstić information content (AvgIpc) is 2.81. The van der Waals surface area contributed by atoms with Crippen molar-refractivity contribution in [1.29, 1.82) is 0 Å². The van der Waals surface area contributed by atoms with Crippen LogP contribution in [0.25, 0.3) is 0 Å². The van der Waals surface area contributed by atoms with E-state index in [1.54, 1.807) is 17.3 Å². The van der Waals surface area contributed by atoms with Crippen LogP contribution in [-0.4, -0.2) is 48.5 Å². The second-order valence-electron chi connectivity index (χ2n) is 4.18. The molecule has 1 aliphatic heterocycles. The maximum absolute atomic E-state index is 11.3. The van der Waals surface area contributed by atoms with Crippen LogP contribution >= 0.6 is 11.3 Å². The van der Waals surface area contributed by atoms with Crippen molar-refractivity contribution in [2.75, 3.05) is 26.0 Å². The Bertz CT molecular complexity index is 460. The SMILES string of the molecule is COC(=O)c1csc(NC2CCC(=O)N(C)C2)n1. The van der Waals surface area contributed by atoms with E-state index in [0.717, 1.165) is 6.42 Å². The van der Waals surface area contributed by atoms with Crippen LogP contribution in [0.2, 0.25) is 0 Å². The van der Waals surface area contributed by atoms with E-state index in [1.807, 2.05) is 0 Å². The topological polar surface area (TPSA) is 71.5 Å². The van der Waals surface area contributed by atoms with Gasteiger partial charge >= 0.3 is 5.97 Å². The van der Waals surface area contributed by atoms with E-state index in [9.17, 15) is 9.59 Å². The number of esters is 1. The van der Waals surface area contributed by atoms with Gasteiger partial charge in [0, 0.05) is 31.4 Å². The molecule has 98 valence electrons. The van der Waals surface area contributed by atoms with Crippen LogP contribution in [0.3, 0.4) is 0 Å². The van der Waals surface area contributed by atoms with E-state index < -0.39 is 5.97 Å². The highest BCUT2D eigenvalue weighted by Crippen LogP contribution is 2.20. The number of piperidine rings is 1. The van der Waals surface area contributed by atoms with Gasteiger partial charge < -0.3 is 15.0 Å². The molecular weight excluding hydrogens is 254 g/mol. The van der Waals surface area contributed by atoms with Crippen molar-refractivity contribution < 1.29 is 14.3 Å². The quantitative estimate of drug-likeness (QED) is 0.828. The molecule has 1 aliphatic rings. The number of carbonyl (C=O) groups is 2. The summed E-state index contributed by atoms with van der Waals surface area (Å²) in [6, 6.07) is 0.185. The molecule has 0 saturated carbocycles. The van der Waals surface area contributed by atoms with Crippen LogP contribution in [0.15, 0.2) is 5.38 Å². The minimum Gasteiger partial charge on any atom is -0.464 e. The summed E-state index contributed by atoms with van der Waals surface area (Å²) < 4.78 is 4.60. The number of thiazole rings is 1. The van der Waals surface area contributed by atoms with Crippen molar-refractivity contribution >= 4 is 28.3 Å². The molecule has 0 aromatic carbocycles. The number of nitrogens with one attached hydrogen (secondary N) is 1. The summed E-state index contributed by atoms with van der Waals surface area (Å²) in [6.07, 6.45) is 1.33. The molecule has 2 heterocycles. The maximum atomic E-state index is 11.3. The van der Waals surface area contributed by atoms with Crippen LogP contribution in [0.4, 0.5) is 5.13 Å². The Balaban J connectivity index is 1.95. The van der Waals surface area contributed by atoms with Crippen molar-refractivity contribution in [1.82, 2.24) is 9.88 Å². The van der Waals surface area contributed by atoms with Gasteiger partial charge in [-0.2, -0.15) is 0 Å². The number of likely N-dealkylation sites (tertiary alicyclic amines) is 1. The number of anilines is 1. The van der Waals surface area contributed by atoms with Gasteiger partial charge in [0.25, 0.3) is 0 Å². The fourth-order valence-electron chi connectivity index (χ4n) is 1.84. The van der Waals surface area contributed by atoms with Crippen molar-refractivity contribution in [3.8, 4) is 0 Å². The number of amides is 1. The zero-order chi connectivity index (χ0) is 13.1. The summed E-state index contributed by atoms with van der Waals surface area (Å²) >= 11 is 1.36. The minimum atomic E-state index is -0.435. The molecule has 6 nitrogen and oxygen atoms in total. The van der Waals surface area contributed by atoms with Gasteiger partial charge in [0.1, 0.15) is 0 Å². The highest BCUT2D eigenvalue weighted by atomic mass is 32.1. The van der Waals surface area contributed by atoms with Gasteiger partial charge in [-0.25, -0.2) is 9.78 Å². The molecule has 1 unspecified atom stereocenters. The normalized spacial score (nSPS) is 19.8. The smallest absolute Gasteiger partial charge is 0.357 e. The molecular formula is C11H15N3O3S. The number of aromatic nitrogens is 1. The van der Waals surface area contributed by atoms with Gasteiger partial charge in [-0.15, -0.1) is 11.3 Å². The molecule has 1 N–H and O–H groups in total. The fraction of sp³-hybridized carbons (Fsp3) is 0.545. The number of hydrogen-bond donors (Lipinski definition) is 1. The Morgan fingerprint density at radius 3 is 3.11 bits per heavy atom. The van der Waals surface area contributed by atoms with Crippen molar-refractivity contribution in [2.24, 2.45) is 0 Å². The Morgan fingerprint density at radius 1 is 1.67 bits per heavy atom. The van der Waals surface area contributed by atoms with Crippen LogP contribution in [-0.2, 0) is 9.53 Å². The lowest BCUT2D eigenvalue weighted by atomic mass is 10.1. The van der Waals surface area contributed by atoms with Crippen LogP contribution in [0, 0.1) is 0 Å². The Morgan fingerprint density at radius 2 is 2.44 bits per heavy atom. The Kier molecular flexibility index (Phi) is 3.81. The predicted octanol–water partition coefficient (Wildman–Crippen LogP) is 0.962. The van der Waals surface area contributed by atoms with Gasteiger partial charge in [0.2, 0.25) is 5.91 Å². The predicted molar refractivity (Wildman–Crippen MR) is 67.7 cm³/mol. The summed E-state index contributed by atoms with van der Waals surface area (Å²) in [7, 11) is 3.12. The third-order valence-electron chi connectivity index (χ3n) is 2.85. The maximum Gasteiger partial charge on any atom is 0.357 e. The van der Waals surface area contributed by atoms with Crippen molar-refractivity contribution in [3.63, 3.8) is 0 Å². The van der Waals surface area contributed by atoms with E-state index in [2.05, 4.69) is 15.0 Å². The summed E-state index contributed by atoms with van der Waals surface area (Å²) in [5, 5.41) is 5.58. The largest absolute Gasteiger partial charge is 0.464 e. The number of likely N-dealkylation sites (N-methyl/N-ethyl adjacent to an activating group) is 1. The van der Waals surface area contributed by atoms with E-state index >= 15 is 0 Å². The van der Waals surface area contributed by atoms with Crippen LogP contribution in [0.5, 0.6) is 0 Å². The number of carbonyl (C=O) groups excluding carboxylic acids is 2. The Hall–Kier alpha value is -1.63. The third kappa shape index (κ3) is 2.79. The first-order valence-electron chi connectivity index (χ1n) is 5.64. The lowest BCUT2D eigenvalue weighted by Crippen LogP contribution is -2.43. The Labute approximate surface area is 109 Å². The summed E-state index contributed by atoms with van der Waals surface area (Å²) in [5.41, 5.74) is 0.310. The molecule has 0 bridgehead atoms. The number of ether oxygens (including phenoxy) is 1. The molecule has 7 heteroatoms. The number of rotatable bonds is 3.